The molecule has 0 fully saturated rings. The second kappa shape index (κ2) is 5.03. The molecule has 0 aliphatic heterocycles. The average molecular weight is 298 g/mol. The van der Waals surface area contributed by atoms with Crippen LogP contribution in [0.5, 0.6) is 0 Å². The van der Waals surface area contributed by atoms with Crippen molar-refractivity contribution in [2.75, 3.05) is 0 Å². The van der Waals surface area contributed by atoms with Gasteiger partial charge in [-0.15, -0.1) is 11.3 Å². The summed E-state index contributed by atoms with van der Waals surface area (Å²) in [5.74, 6) is 0.700. The van der Waals surface area contributed by atoms with Crippen LogP contribution in [0, 0.1) is 6.92 Å². The van der Waals surface area contributed by atoms with Crippen molar-refractivity contribution in [1.82, 2.24) is 9.97 Å². The van der Waals surface area contributed by atoms with Crippen molar-refractivity contribution in [3.05, 3.63) is 44.6 Å². The van der Waals surface area contributed by atoms with Gasteiger partial charge < -0.3 is 5.73 Å². The monoisotopic (exact) mass is 297 g/mol. The maximum Gasteiger partial charge on any atom is 0.145 e. The number of nitrogens with zero attached hydrogens (tertiary/aromatic N) is 2. The van der Waals surface area contributed by atoms with E-state index in [1.807, 2.05) is 18.4 Å². The van der Waals surface area contributed by atoms with E-state index in [4.69, 9.17) is 5.73 Å². The van der Waals surface area contributed by atoms with E-state index in [9.17, 15) is 0 Å². The highest BCUT2D eigenvalue weighted by Crippen LogP contribution is 2.26. The third kappa shape index (κ3) is 2.66. The molecule has 0 aliphatic carbocycles. The molecule has 3 nitrogen and oxygen atoms in total. The highest BCUT2D eigenvalue weighted by molar-refractivity contribution is 9.10. The molecule has 2 heterocycles. The van der Waals surface area contributed by atoms with Crippen LogP contribution < -0.4 is 5.73 Å². The van der Waals surface area contributed by atoms with Crippen LogP contribution in [0.3, 0.4) is 0 Å². The van der Waals surface area contributed by atoms with Crippen molar-refractivity contribution in [3.8, 4) is 0 Å². The van der Waals surface area contributed by atoms with Crippen molar-refractivity contribution < 1.29 is 0 Å². The lowest BCUT2D eigenvalue weighted by molar-refractivity contribution is 0.670. The van der Waals surface area contributed by atoms with E-state index in [-0.39, 0.29) is 6.04 Å². The number of nitrogens with two attached hydrogens (primary N) is 1. The maximum absolute atomic E-state index is 6.07. The minimum atomic E-state index is -0.143. The molecule has 2 rings (SSSR count). The Labute approximate surface area is 107 Å². The van der Waals surface area contributed by atoms with Gasteiger partial charge in [-0.3, -0.25) is 0 Å². The van der Waals surface area contributed by atoms with E-state index in [0.29, 0.717) is 5.82 Å². The Morgan fingerprint density at radius 3 is 2.69 bits per heavy atom. The molecule has 2 aromatic rings. The van der Waals surface area contributed by atoms with Gasteiger partial charge in [0.25, 0.3) is 0 Å². The lowest BCUT2D eigenvalue weighted by atomic mass is 10.2. The number of thiophene rings is 1. The smallest absolute Gasteiger partial charge is 0.145 e. The first-order valence-electron chi connectivity index (χ1n) is 4.93. The molecular formula is C11H12BrN3S. The number of hydrogen-bond donors (Lipinski definition) is 1. The van der Waals surface area contributed by atoms with Gasteiger partial charge >= 0.3 is 0 Å². The van der Waals surface area contributed by atoms with Crippen molar-refractivity contribution >= 4 is 27.3 Å². The van der Waals surface area contributed by atoms with Gasteiger partial charge in [0.15, 0.2) is 0 Å². The lowest BCUT2D eigenvalue weighted by Gasteiger charge is -2.09. The zero-order valence-corrected chi connectivity index (χ0v) is 11.3. The van der Waals surface area contributed by atoms with E-state index in [0.717, 1.165) is 16.5 Å². The zero-order chi connectivity index (χ0) is 11.5. The second-order valence-corrected chi connectivity index (χ2v) is 5.48. The first kappa shape index (κ1) is 11.7. The Morgan fingerprint density at radius 2 is 2.12 bits per heavy atom. The number of rotatable bonds is 3. The first-order valence-corrected chi connectivity index (χ1v) is 6.60. The summed E-state index contributed by atoms with van der Waals surface area (Å²) in [6.07, 6.45) is 4.36. The lowest BCUT2D eigenvalue weighted by Crippen LogP contribution is -2.16. The number of aromatic nitrogens is 2. The summed E-state index contributed by atoms with van der Waals surface area (Å²) in [6.45, 7) is 1.96. The molecule has 0 amide bonds. The number of halogens is 1. The van der Waals surface area contributed by atoms with Crippen LogP contribution in [-0.2, 0) is 6.42 Å². The zero-order valence-electron chi connectivity index (χ0n) is 8.85. The molecule has 16 heavy (non-hydrogen) atoms. The van der Waals surface area contributed by atoms with Gasteiger partial charge in [-0.25, -0.2) is 9.97 Å². The van der Waals surface area contributed by atoms with Crippen LogP contribution in [0.2, 0.25) is 0 Å². The maximum atomic E-state index is 6.07. The predicted octanol–water partition coefficient (Wildman–Crippen LogP) is 2.85. The summed E-state index contributed by atoms with van der Waals surface area (Å²) in [6, 6.07) is 1.89. The fourth-order valence-corrected chi connectivity index (χ4v) is 2.93. The van der Waals surface area contributed by atoms with Crippen molar-refractivity contribution in [2.45, 2.75) is 19.4 Å². The van der Waals surface area contributed by atoms with Crippen LogP contribution >= 0.6 is 27.3 Å². The van der Waals surface area contributed by atoms with Crippen LogP contribution in [0.1, 0.15) is 22.3 Å². The summed E-state index contributed by atoms with van der Waals surface area (Å²) in [5.41, 5.74) is 7.12. The molecule has 0 aromatic carbocycles. The van der Waals surface area contributed by atoms with Gasteiger partial charge in [-0.1, -0.05) is 0 Å². The van der Waals surface area contributed by atoms with Crippen molar-refractivity contribution in [3.63, 3.8) is 0 Å². The molecule has 0 aliphatic rings. The second-order valence-electron chi connectivity index (χ2n) is 3.62. The Hall–Kier alpha value is -0.780. The molecule has 1 unspecified atom stereocenters. The van der Waals surface area contributed by atoms with Crippen LogP contribution in [-0.4, -0.2) is 9.97 Å². The Bertz CT molecular complexity index is 466. The van der Waals surface area contributed by atoms with E-state index < -0.39 is 0 Å². The van der Waals surface area contributed by atoms with E-state index in [1.165, 1.54) is 4.88 Å². The summed E-state index contributed by atoms with van der Waals surface area (Å²) < 4.78 is 1.11. The highest BCUT2D eigenvalue weighted by Gasteiger charge is 2.12. The number of hydrogen-bond acceptors (Lipinski definition) is 4. The molecular weight excluding hydrogens is 286 g/mol. The van der Waals surface area contributed by atoms with Crippen molar-refractivity contribution in [1.29, 1.82) is 0 Å². The predicted molar refractivity (Wildman–Crippen MR) is 69.4 cm³/mol. The van der Waals surface area contributed by atoms with Gasteiger partial charge in [0.05, 0.1) is 6.04 Å². The molecule has 0 spiro atoms. The molecule has 0 radical (unpaired) electrons. The Balaban J connectivity index is 2.11. The topological polar surface area (TPSA) is 51.8 Å². The van der Waals surface area contributed by atoms with E-state index >= 15 is 0 Å². The minimum absolute atomic E-state index is 0.143. The van der Waals surface area contributed by atoms with Gasteiger partial charge in [-0.05, 0) is 39.9 Å². The molecule has 0 saturated carbocycles. The molecule has 0 saturated heterocycles. The summed E-state index contributed by atoms with van der Waals surface area (Å²) >= 11 is 5.19. The van der Waals surface area contributed by atoms with E-state index in [2.05, 4.69) is 25.9 Å². The third-order valence-electron chi connectivity index (χ3n) is 2.23. The average Bonchev–Trinajstić information content (AvgIpc) is 2.65. The quantitative estimate of drug-likeness (QED) is 0.948. The van der Waals surface area contributed by atoms with Gasteiger partial charge in [0, 0.05) is 28.2 Å². The highest BCUT2D eigenvalue weighted by atomic mass is 79.9. The summed E-state index contributed by atoms with van der Waals surface area (Å²) in [7, 11) is 0. The van der Waals surface area contributed by atoms with Crippen LogP contribution in [0.15, 0.2) is 28.3 Å². The van der Waals surface area contributed by atoms with Crippen LogP contribution in [0.4, 0.5) is 0 Å². The molecule has 2 aromatic heterocycles. The fraction of sp³-hybridized carbons (Fsp3) is 0.273. The minimum Gasteiger partial charge on any atom is -0.321 e. The molecule has 1 atom stereocenters. The normalized spacial score (nSPS) is 12.7. The molecule has 2 N–H and O–H groups in total. The van der Waals surface area contributed by atoms with Crippen molar-refractivity contribution in [2.24, 2.45) is 5.73 Å². The molecule has 5 heteroatoms. The van der Waals surface area contributed by atoms with Gasteiger partial charge in [0.1, 0.15) is 5.82 Å². The molecule has 0 bridgehead atoms. The van der Waals surface area contributed by atoms with Gasteiger partial charge in [0.2, 0.25) is 0 Å². The number of aryl methyl sites for hydroxylation is 1. The first-order chi connectivity index (χ1) is 7.66. The standard InChI is InChI=1S/C11H12BrN3S/c1-7-5-14-11(15-6-7)9(13)4-10-8(12)2-3-16-10/h2-3,5-6,9H,4,13H2,1H3. The molecule has 84 valence electrons. The van der Waals surface area contributed by atoms with Crippen LogP contribution in [0.25, 0.3) is 0 Å². The fourth-order valence-electron chi connectivity index (χ4n) is 1.36. The Kier molecular flexibility index (Phi) is 3.68. The SMILES string of the molecule is Cc1cnc(C(N)Cc2sccc2Br)nc1. The summed E-state index contributed by atoms with van der Waals surface area (Å²) in [5, 5.41) is 2.04. The Morgan fingerprint density at radius 1 is 1.44 bits per heavy atom. The largest absolute Gasteiger partial charge is 0.321 e. The van der Waals surface area contributed by atoms with E-state index in [1.54, 1.807) is 23.7 Å². The van der Waals surface area contributed by atoms with Gasteiger partial charge in [-0.2, -0.15) is 0 Å². The summed E-state index contributed by atoms with van der Waals surface area (Å²) in [4.78, 5) is 9.72. The third-order valence-corrected chi connectivity index (χ3v) is 4.18.